The maximum absolute atomic E-state index is 10.3. The first kappa shape index (κ1) is 12.3. The zero-order chi connectivity index (χ0) is 13.2. The van der Waals surface area contributed by atoms with E-state index in [4.69, 9.17) is 0 Å². The Morgan fingerprint density at radius 2 is 2.00 bits per heavy atom. The molecule has 2 aromatic heterocycles. The highest BCUT2D eigenvalue weighted by Crippen LogP contribution is 2.22. The zero-order valence-corrected chi connectivity index (χ0v) is 11.7. The maximum Gasteiger partial charge on any atom is 0.0903 e. The fourth-order valence-electron chi connectivity index (χ4n) is 2.06. The molecule has 0 aliphatic carbocycles. The summed E-state index contributed by atoms with van der Waals surface area (Å²) in [6, 6.07) is 7.94. The minimum atomic E-state index is -0.581. The lowest BCUT2D eigenvalue weighted by atomic mass is 10.0. The second-order valence-corrected chi connectivity index (χ2v) is 5.27. The molecule has 5 heteroatoms. The molecular formula is C14H12BrN3O. The second-order valence-electron chi connectivity index (χ2n) is 4.35. The summed E-state index contributed by atoms with van der Waals surface area (Å²) in [6.07, 6.45) is 6.83. The number of fused-ring (bicyclic) bond motifs is 1. The Hall–Kier alpha value is -1.72. The summed E-state index contributed by atoms with van der Waals surface area (Å²) in [4.78, 5) is 4.07. The highest BCUT2D eigenvalue weighted by atomic mass is 79.9. The number of aromatic nitrogens is 3. The van der Waals surface area contributed by atoms with Crippen molar-refractivity contribution in [2.45, 2.75) is 12.5 Å². The van der Waals surface area contributed by atoms with Crippen molar-refractivity contribution >= 4 is 21.4 Å². The van der Waals surface area contributed by atoms with Crippen molar-refractivity contribution in [3.63, 3.8) is 0 Å². The number of nitrogens with zero attached hydrogens (tertiary/aromatic N) is 3. The smallest absolute Gasteiger partial charge is 0.0903 e. The summed E-state index contributed by atoms with van der Waals surface area (Å²) < 4.78 is 2.75. The quantitative estimate of drug-likeness (QED) is 0.808. The number of halogens is 1. The summed E-state index contributed by atoms with van der Waals surface area (Å²) in [6.45, 7) is 0. The highest BCUT2D eigenvalue weighted by Gasteiger charge is 2.14. The molecule has 0 saturated heterocycles. The molecule has 0 aliphatic heterocycles. The van der Waals surface area contributed by atoms with Gasteiger partial charge in [-0.25, -0.2) is 4.52 Å². The Morgan fingerprint density at radius 3 is 2.79 bits per heavy atom. The molecule has 1 N–H and O–H groups in total. The molecule has 0 radical (unpaired) electrons. The predicted molar refractivity (Wildman–Crippen MR) is 75.8 cm³/mol. The number of aliphatic hydroxyl groups is 1. The molecule has 19 heavy (non-hydrogen) atoms. The van der Waals surface area contributed by atoms with Crippen molar-refractivity contribution in [1.29, 1.82) is 0 Å². The lowest BCUT2D eigenvalue weighted by molar-refractivity contribution is 0.180. The van der Waals surface area contributed by atoms with Crippen LogP contribution in [0.25, 0.3) is 5.52 Å². The molecule has 0 saturated carbocycles. The predicted octanol–water partition coefficient (Wildman–Crippen LogP) is 2.77. The first-order valence-electron chi connectivity index (χ1n) is 5.94. The van der Waals surface area contributed by atoms with E-state index < -0.39 is 6.10 Å². The molecule has 4 nitrogen and oxygen atoms in total. The summed E-state index contributed by atoms with van der Waals surface area (Å²) in [7, 11) is 0. The van der Waals surface area contributed by atoms with Crippen LogP contribution in [0, 0.1) is 0 Å². The Kier molecular flexibility index (Phi) is 3.31. The molecule has 0 amide bonds. The third-order valence-corrected chi connectivity index (χ3v) is 3.58. The standard InChI is InChI=1S/C14H12BrN3O/c15-11-3-1-10(2-4-11)7-14(19)12-8-17-18-6-5-16-9-13(12)18/h1-6,8-9,14,19H,7H2. The normalized spacial score (nSPS) is 12.7. The van der Waals surface area contributed by atoms with E-state index in [2.05, 4.69) is 26.0 Å². The lowest BCUT2D eigenvalue weighted by Crippen LogP contribution is -2.01. The monoisotopic (exact) mass is 317 g/mol. The van der Waals surface area contributed by atoms with Gasteiger partial charge in [-0.05, 0) is 17.7 Å². The minimum absolute atomic E-state index is 0.559. The van der Waals surface area contributed by atoms with Gasteiger partial charge in [-0.15, -0.1) is 0 Å². The van der Waals surface area contributed by atoms with Crippen molar-refractivity contribution < 1.29 is 5.11 Å². The van der Waals surface area contributed by atoms with Gasteiger partial charge in [0.25, 0.3) is 0 Å². The molecule has 0 aliphatic rings. The molecule has 3 rings (SSSR count). The van der Waals surface area contributed by atoms with Crippen LogP contribution in [0.5, 0.6) is 0 Å². The lowest BCUT2D eigenvalue weighted by Gasteiger charge is -2.09. The van der Waals surface area contributed by atoms with Gasteiger partial charge in [0, 0.05) is 28.9 Å². The van der Waals surface area contributed by atoms with Crippen LogP contribution in [0.15, 0.2) is 53.5 Å². The molecule has 96 valence electrons. The third-order valence-electron chi connectivity index (χ3n) is 3.06. The summed E-state index contributed by atoms with van der Waals surface area (Å²) >= 11 is 3.40. The van der Waals surface area contributed by atoms with Gasteiger partial charge in [0.2, 0.25) is 0 Å². The molecule has 1 atom stereocenters. The largest absolute Gasteiger partial charge is 0.388 e. The Bertz CT molecular complexity index is 693. The van der Waals surface area contributed by atoms with Crippen LogP contribution in [0.3, 0.4) is 0 Å². The van der Waals surface area contributed by atoms with Gasteiger partial charge in [0.1, 0.15) is 0 Å². The van der Waals surface area contributed by atoms with Gasteiger partial charge in [-0.1, -0.05) is 28.1 Å². The second kappa shape index (κ2) is 5.11. The Morgan fingerprint density at radius 1 is 1.21 bits per heavy atom. The van der Waals surface area contributed by atoms with E-state index in [0.717, 1.165) is 21.1 Å². The van der Waals surface area contributed by atoms with E-state index >= 15 is 0 Å². The maximum atomic E-state index is 10.3. The Labute approximate surface area is 118 Å². The Balaban J connectivity index is 1.87. The van der Waals surface area contributed by atoms with E-state index in [1.165, 1.54) is 0 Å². The average molecular weight is 318 g/mol. The van der Waals surface area contributed by atoms with Crippen LogP contribution in [-0.2, 0) is 6.42 Å². The fraction of sp³-hybridized carbons (Fsp3) is 0.143. The average Bonchev–Trinajstić information content (AvgIpc) is 2.85. The molecule has 0 fully saturated rings. The number of benzene rings is 1. The molecular weight excluding hydrogens is 306 g/mol. The van der Waals surface area contributed by atoms with Gasteiger partial charge < -0.3 is 5.11 Å². The molecule has 2 heterocycles. The van der Waals surface area contributed by atoms with E-state index in [9.17, 15) is 5.11 Å². The van der Waals surface area contributed by atoms with E-state index in [1.54, 1.807) is 29.3 Å². The van der Waals surface area contributed by atoms with Crippen LogP contribution < -0.4 is 0 Å². The minimum Gasteiger partial charge on any atom is -0.388 e. The molecule has 0 spiro atoms. The van der Waals surface area contributed by atoms with Crippen molar-refractivity contribution in [2.75, 3.05) is 0 Å². The summed E-state index contributed by atoms with van der Waals surface area (Å²) in [5, 5.41) is 14.5. The molecule has 0 bridgehead atoms. The van der Waals surface area contributed by atoms with Gasteiger partial charge in [0.15, 0.2) is 0 Å². The van der Waals surface area contributed by atoms with Crippen LogP contribution in [-0.4, -0.2) is 19.7 Å². The van der Waals surface area contributed by atoms with E-state index in [1.807, 2.05) is 24.3 Å². The summed E-state index contributed by atoms with van der Waals surface area (Å²) in [5.41, 5.74) is 2.72. The van der Waals surface area contributed by atoms with E-state index in [-0.39, 0.29) is 0 Å². The van der Waals surface area contributed by atoms with Crippen LogP contribution in [0.4, 0.5) is 0 Å². The molecule has 1 aromatic carbocycles. The third kappa shape index (κ3) is 2.52. The highest BCUT2D eigenvalue weighted by molar-refractivity contribution is 9.10. The van der Waals surface area contributed by atoms with Crippen LogP contribution >= 0.6 is 15.9 Å². The van der Waals surface area contributed by atoms with Gasteiger partial charge in [-0.3, -0.25) is 4.98 Å². The first-order valence-corrected chi connectivity index (χ1v) is 6.73. The number of hydrogen-bond acceptors (Lipinski definition) is 3. The zero-order valence-electron chi connectivity index (χ0n) is 10.1. The van der Waals surface area contributed by atoms with E-state index in [0.29, 0.717) is 6.42 Å². The SMILES string of the molecule is OC(Cc1ccc(Br)cc1)c1cnn2ccncc12. The van der Waals surface area contributed by atoms with Gasteiger partial charge >= 0.3 is 0 Å². The topological polar surface area (TPSA) is 50.4 Å². The fourth-order valence-corrected chi connectivity index (χ4v) is 2.33. The van der Waals surface area contributed by atoms with Crippen molar-refractivity contribution in [3.8, 4) is 0 Å². The first-order chi connectivity index (χ1) is 9.24. The van der Waals surface area contributed by atoms with Crippen LogP contribution in [0.2, 0.25) is 0 Å². The molecule has 3 aromatic rings. The number of hydrogen-bond donors (Lipinski definition) is 1. The van der Waals surface area contributed by atoms with Crippen molar-refractivity contribution in [3.05, 3.63) is 64.7 Å². The van der Waals surface area contributed by atoms with Crippen molar-refractivity contribution in [1.82, 2.24) is 14.6 Å². The number of rotatable bonds is 3. The van der Waals surface area contributed by atoms with Gasteiger partial charge in [-0.2, -0.15) is 5.10 Å². The van der Waals surface area contributed by atoms with Crippen molar-refractivity contribution in [2.24, 2.45) is 0 Å². The van der Waals surface area contributed by atoms with Gasteiger partial charge in [0.05, 0.1) is 24.0 Å². The molecule has 1 unspecified atom stereocenters. The summed E-state index contributed by atoms with van der Waals surface area (Å²) in [5.74, 6) is 0. The van der Waals surface area contributed by atoms with Crippen LogP contribution in [0.1, 0.15) is 17.2 Å². The number of aliphatic hydroxyl groups excluding tert-OH is 1.